The molecule has 2 N–H and O–H groups in total. The number of nitrogens with one attached hydrogen (secondary N) is 2. The molecule has 1 aromatic heterocycles. The molecule has 0 aliphatic carbocycles. The second kappa shape index (κ2) is 10.2. The Morgan fingerprint density at radius 3 is 2.57 bits per heavy atom. The number of nitrogens with zero attached hydrogens (tertiary/aromatic N) is 3. The Hall–Kier alpha value is -4.52. The normalized spacial score (nSPS) is 12.4. The molecule has 1 aliphatic rings. The van der Waals surface area contributed by atoms with Crippen LogP contribution in [0.5, 0.6) is 0 Å². The van der Waals surface area contributed by atoms with Gasteiger partial charge in [0.15, 0.2) is 0 Å². The average molecular weight is 492 g/mol. The number of carbonyl (C=O) groups is 2. The van der Waals surface area contributed by atoms with E-state index in [4.69, 9.17) is 4.98 Å². The van der Waals surface area contributed by atoms with Crippen molar-refractivity contribution in [1.29, 1.82) is 0 Å². The summed E-state index contributed by atoms with van der Waals surface area (Å²) in [5, 5.41) is 6.21. The first-order valence-corrected chi connectivity index (χ1v) is 12.3. The second-order valence-electron chi connectivity index (χ2n) is 9.34. The van der Waals surface area contributed by atoms with Crippen molar-refractivity contribution in [3.05, 3.63) is 101 Å². The van der Waals surface area contributed by atoms with Crippen LogP contribution < -0.4 is 15.5 Å². The monoisotopic (exact) mass is 491 g/mol. The van der Waals surface area contributed by atoms with E-state index in [-0.39, 0.29) is 18.2 Å². The molecule has 37 heavy (non-hydrogen) atoms. The van der Waals surface area contributed by atoms with E-state index in [1.54, 1.807) is 30.3 Å². The fraction of sp³-hybridized carbons (Fsp3) is 0.200. The maximum absolute atomic E-state index is 12.6. The molecule has 0 fully saturated rings. The average Bonchev–Trinajstić information content (AvgIpc) is 3.01. The van der Waals surface area contributed by atoms with Crippen LogP contribution in [0.1, 0.15) is 32.6 Å². The van der Waals surface area contributed by atoms with Crippen molar-refractivity contribution in [2.45, 2.75) is 26.7 Å². The molecule has 7 heteroatoms. The van der Waals surface area contributed by atoms with Crippen molar-refractivity contribution in [2.24, 2.45) is 0 Å². The van der Waals surface area contributed by atoms with E-state index in [9.17, 15) is 9.59 Å². The molecule has 1 aliphatic heterocycles. The van der Waals surface area contributed by atoms with E-state index in [0.717, 1.165) is 34.6 Å². The second-order valence-corrected chi connectivity index (χ2v) is 9.34. The summed E-state index contributed by atoms with van der Waals surface area (Å²) in [6, 6.07) is 21.3. The lowest BCUT2D eigenvalue weighted by molar-refractivity contribution is -0.117. The highest BCUT2D eigenvalue weighted by molar-refractivity contribution is 6.01. The Morgan fingerprint density at radius 2 is 1.78 bits per heavy atom. The highest BCUT2D eigenvalue weighted by atomic mass is 16.2. The van der Waals surface area contributed by atoms with Crippen LogP contribution in [0, 0.1) is 13.8 Å². The Kier molecular flexibility index (Phi) is 6.68. The van der Waals surface area contributed by atoms with Gasteiger partial charge in [-0.25, -0.2) is 9.97 Å². The van der Waals surface area contributed by atoms with Gasteiger partial charge in [0.05, 0.1) is 17.8 Å². The lowest BCUT2D eigenvalue weighted by Gasteiger charge is -2.16. The van der Waals surface area contributed by atoms with Gasteiger partial charge in [0.1, 0.15) is 0 Å². The zero-order valence-electron chi connectivity index (χ0n) is 21.2. The molecule has 2 heterocycles. The maximum atomic E-state index is 12.6. The molecule has 0 spiro atoms. The number of aromatic nitrogens is 2. The Morgan fingerprint density at radius 1 is 1.00 bits per heavy atom. The van der Waals surface area contributed by atoms with Crippen LogP contribution >= 0.6 is 0 Å². The number of carbonyl (C=O) groups excluding carboxylic acids is 2. The van der Waals surface area contributed by atoms with Crippen molar-refractivity contribution in [2.75, 3.05) is 23.8 Å². The van der Waals surface area contributed by atoms with Gasteiger partial charge in [-0.05, 0) is 67.3 Å². The first-order chi connectivity index (χ1) is 17.9. The van der Waals surface area contributed by atoms with Gasteiger partial charge in [-0.3, -0.25) is 9.59 Å². The van der Waals surface area contributed by atoms with E-state index in [1.165, 1.54) is 16.7 Å². The van der Waals surface area contributed by atoms with E-state index in [0.29, 0.717) is 18.1 Å². The lowest BCUT2D eigenvalue weighted by Crippen LogP contribution is -2.26. The molecular weight excluding hydrogens is 462 g/mol. The summed E-state index contributed by atoms with van der Waals surface area (Å²) in [6.45, 7) is 4.77. The molecule has 0 atom stereocenters. The number of hydrogen-bond donors (Lipinski definition) is 2. The smallest absolute Gasteiger partial charge is 0.251 e. The summed E-state index contributed by atoms with van der Waals surface area (Å²) >= 11 is 0. The Balaban J connectivity index is 1.25. The molecular formula is C30H29N5O2. The fourth-order valence-electron chi connectivity index (χ4n) is 4.43. The Labute approximate surface area is 216 Å². The third-order valence-electron chi connectivity index (χ3n) is 6.77. The fourth-order valence-corrected chi connectivity index (χ4v) is 4.43. The first kappa shape index (κ1) is 24.2. The maximum Gasteiger partial charge on any atom is 0.251 e. The Bertz CT molecular complexity index is 1480. The molecule has 3 aromatic carbocycles. The lowest BCUT2D eigenvalue weighted by atomic mass is 10.0. The zero-order valence-corrected chi connectivity index (χ0v) is 21.2. The van der Waals surface area contributed by atoms with Crippen LogP contribution in [0.2, 0.25) is 0 Å². The third-order valence-corrected chi connectivity index (χ3v) is 6.77. The number of anilines is 3. The quantitative estimate of drug-likeness (QED) is 0.397. The van der Waals surface area contributed by atoms with Crippen molar-refractivity contribution >= 4 is 29.1 Å². The van der Waals surface area contributed by atoms with E-state index in [2.05, 4.69) is 47.7 Å². The molecule has 0 saturated heterocycles. The minimum Gasteiger partial charge on any atom is -0.352 e. The predicted molar refractivity (Wildman–Crippen MR) is 146 cm³/mol. The summed E-state index contributed by atoms with van der Waals surface area (Å²) in [5.74, 6) is 0.316. The highest BCUT2D eigenvalue weighted by Gasteiger charge is 2.24. The number of aryl methyl sites for hydroxylation is 2. The molecule has 0 unspecified atom stereocenters. The number of likely N-dealkylation sites (N-methyl/N-ethyl adjacent to an activating group) is 1. The van der Waals surface area contributed by atoms with Crippen LogP contribution in [-0.4, -0.2) is 35.4 Å². The van der Waals surface area contributed by atoms with Gasteiger partial charge < -0.3 is 15.5 Å². The number of amides is 2. The molecule has 0 radical (unpaired) electrons. The molecule has 0 saturated carbocycles. The van der Waals surface area contributed by atoms with Crippen molar-refractivity contribution in [3.8, 4) is 11.3 Å². The minimum atomic E-state index is -0.109. The van der Waals surface area contributed by atoms with Crippen LogP contribution in [-0.2, 0) is 17.6 Å². The third kappa shape index (κ3) is 5.21. The van der Waals surface area contributed by atoms with Gasteiger partial charge in [-0.1, -0.05) is 36.4 Å². The standard InChI is InChI=1S/C30H29N5O2/c1-19-8-9-21(16-20(19)2)14-15-31-29(37)22-10-12-24(13-11-22)33-30-32-18-23-17-27(36)35(3)26-7-5-4-6-25(26)28(23)34-30/h4-13,16,18H,14-15,17H2,1-3H3,(H,31,37)(H,32,33,34). The van der Waals surface area contributed by atoms with Crippen molar-refractivity contribution in [3.63, 3.8) is 0 Å². The summed E-state index contributed by atoms with van der Waals surface area (Å²) in [4.78, 5) is 36.0. The number of para-hydroxylation sites is 1. The van der Waals surface area contributed by atoms with Gasteiger partial charge in [-0.2, -0.15) is 0 Å². The summed E-state index contributed by atoms with van der Waals surface area (Å²) in [7, 11) is 1.78. The zero-order chi connectivity index (χ0) is 25.9. The summed E-state index contributed by atoms with van der Waals surface area (Å²) < 4.78 is 0. The molecule has 5 rings (SSSR count). The molecule has 7 nitrogen and oxygen atoms in total. The van der Waals surface area contributed by atoms with Crippen LogP contribution in [0.3, 0.4) is 0 Å². The summed E-state index contributed by atoms with van der Waals surface area (Å²) in [5.41, 5.74) is 8.34. The van der Waals surface area contributed by atoms with E-state index >= 15 is 0 Å². The van der Waals surface area contributed by atoms with Gasteiger partial charge in [-0.15, -0.1) is 0 Å². The first-order valence-electron chi connectivity index (χ1n) is 12.3. The molecule has 2 amide bonds. The van der Waals surface area contributed by atoms with E-state index < -0.39 is 0 Å². The molecule has 186 valence electrons. The highest BCUT2D eigenvalue weighted by Crippen LogP contribution is 2.35. The van der Waals surface area contributed by atoms with Crippen molar-refractivity contribution in [1.82, 2.24) is 15.3 Å². The van der Waals surface area contributed by atoms with Crippen LogP contribution in [0.25, 0.3) is 11.3 Å². The molecule has 4 aromatic rings. The number of rotatable bonds is 6. The SMILES string of the molecule is Cc1ccc(CCNC(=O)c2ccc(Nc3ncc4c(n3)-c3ccccc3N(C)C(=O)C4)cc2)cc1C. The number of hydrogen-bond acceptors (Lipinski definition) is 5. The van der Waals surface area contributed by atoms with Crippen LogP contribution in [0.15, 0.2) is 72.9 Å². The molecule has 0 bridgehead atoms. The largest absolute Gasteiger partial charge is 0.352 e. The number of benzene rings is 3. The van der Waals surface area contributed by atoms with Gasteiger partial charge in [0.2, 0.25) is 11.9 Å². The van der Waals surface area contributed by atoms with Gasteiger partial charge >= 0.3 is 0 Å². The predicted octanol–water partition coefficient (Wildman–Crippen LogP) is 5.00. The van der Waals surface area contributed by atoms with Crippen molar-refractivity contribution < 1.29 is 9.59 Å². The van der Waals surface area contributed by atoms with Gasteiger partial charge in [0, 0.05) is 42.2 Å². The van der Waals surface area contributed by atoms with Gasteiger partial charge in [0.25, 0.3) is 5.91 Å². The minimum absolute atomic E-state index is 0.00152. The number of fused-ring (bicyclic) bond motifs is 3. The topological polar surface area (TPSA) is 87.2 Å². The summed E-state index contributed by atoms with van der Waals surface area (Å²) in [6.07, 6.45) is 2.73. The van der Waals surface area contributed by atoms with E-state index in [1.807, 2.05) is 36.4 Å². The van der Waals surface area contributed by atoms with Crippen LogP contribution in [0.4, 0.5) is 17.3 Å².